The molecule has 0 aromatic carbocycles. The second-order valence-electron chi connectivity index (χ2n) is 5.03. The predicted octanol–water partition coefficient (Wildman–Crippen LogP) is 3.86. The average Bonchev–Trinajstić information content (AvgIpc) is 2.34. The van der Waals surface area contributed by atoms with Crippen molar-refractivity contribution in [3.63, 3.8) is 0 Å². The Balaban J connectivity index is 2.48. The highest BCUT2D eigenvalue weighted by atomic mass is 16.4. The number of carboxylic acids is 1. The van der Waals surface area contributed by atoms with E-state index in [2.05, 4.69) is 24.1 Å². The summed E-state index contributed by atoms with van der Waals surface area (Å²) >= 11 is 0. The molecular formula is C15H24N2O2. The molecule has 1 atom stereocenters. The van der Waals surface area contributed by atoms with E-state index in [1.54, 1.807) is 19.1 Å². The molecule has 0 aliphatic rings. The van der Waals surface area contributed by atoms with Gasteiger partial charge in [0.1, 0.15) is 5.82 Å². The zero-order valence-corrected chi connectivity index (χ0v) is 12.1. The van der Waals surface area contributed by atoms with E-state index in [9.17, 15) is 4.79 Å². The Morgan fingerprint density at radius 3 is 2.68 bits per heavy atom. The molecular weight excluding hydrogens is 240 g/mol. The lowest BCUT2D eigenvalue weighted by Crippen LogP contribution is -2.16. The van der Waals surface area contributed by atoms with E-state index in [0.29, 0.717) is 11.7 Å². The largest absolute Gasteiger partial charge is 0.478 e. The van der Waals surface area contributed by atoms with Gasteiger partial charge in [-0.25, -0.2) is 9.78 Å². The van der Waals surface area contributed by atoms with Crippen molar-refractivity contribution in [3.05, 3.63) is 23.4 Å². The molecule has 1 aromatic rings. The number of pyridine rings is 1. The Hall–Kier alpha value is -1.58. The normalized spacial score (nSPS) is 12.2. The third-order valence-corrected chi connectivity index (χ3v) is 3.20. The van der Waals surface area contributed by atoms with Gasteiger partial charge in [-0.05, 0) is 32.4 Å². The summed E-state index contributed by atoms with van der Waals surface area (Å²) in [6.07, 6.45) is 6.14. The molecule has 4 nitrogen and oxygen atoms in total. The average molecular weight is 264 g/mol. The lowest BCUT2D eigenvalue weighted by Gasteiger charge is -2.15. The lowest BCUT2D eigenvalue weighted by atomic mass is 10.1. The highest BCUT2D eigenvalue weighted by molar-refractivity contribution is 5.89. The van der Waals surface area contributed by atoms with Gasteiger partial charge >= 0.3 is 5.97 Å². The molecule has 0 saturated heterocycles. The van der Waals surface area contributed by atoms with Crippen LogP contribution in [0, 0.1) is 6.92 Å². The van der Waals surface area contributed by atoms with Gasteiger partial charge in [0.15, 0.2) is 0 Å². The fourth-order valence-electron chi connectivity index (χ4n) is 2.07. The maximum absolute atomic E-state index is 10.9. The number of aromatic nitrogens is 1. The molecule has 1 rings (SSSR count). The number of aryl methyl sites for hydroxylation is 1. The number of nitrogens with zero attached hydrogens (tertiary/aromatic N) is 1. The SMILES string of the molecule is CCCCCCC(C)Nc1ccc(C(=O)O)c(C)n1. The van der Waals surface area contributed by atoms with Crippen LogP contribution in [0.2, 0.25) is 0 Å². The van der Waals surface area contributed by atoms with Gasteiger partial charge in [0.2, 0.25) is 0 Å². The van der Waals surface area contributed by atoms with E-state index in [1.165, 1.54) is 25.7 Å². The number of unbranched alkanes of at least 4 members (excludes halogenated alkanes) is 3. The number of aromatic carboxylic acids is 1. The monoisotopic (exact) mass is 264 g/mol. The fraction of sp³-hybridized carbons (Fsp3) is 0.600. The van der Waals surface area contributed by atoms with Crippen molar-refractivity contribution in [2.45, 2.75) is 58.9 Å². The Morgan fingerprint density at radius 2 is 2.11 bits per heavy atom. The lowest BCUT2D eigenvalue weighted by molar-refractivity contribution is 0.0695. The molecule has 2 N–H and O–H groups in total. The first-order valence-electron chi connectivity index (χ1n) is 7.02. The third-order valence-electron chi connectivity index (χ3n) is 3.20. The molecule has 0 bridgehead atoms. The van der Waals surface area contributed by atoms with Gasteiger partial charge < -0.3 is 10.4 Å². The van der Waals surface area contributed by atoms with E-state index >= 15 is 0 Å². The van der Waals surface area contributed by atoms with E-state index < -0.39 is 5.97 Å². The molecule has 0 radical (unpaired) electrons. The van der Waals surface area contributed by atoms with Crippen LogP contribution in [-0.2, 0) is 0 Å². The standard InChI is InChI=1S/C15H24N2O2/c1-4-5-6-7-8-11(2)16-14-10-9-13(15(18)19)12(3)17-14/h9-11H,4-8H2,1-3H3,(H,16,17)(H,18,19). The van der Waals surface area contributed by atoms with Gasteiger partial charge in [-0.3, -0.25) is 0 Å². The van der Waals surface area contributed by atoms with Gasteiger partial charge in [0.05, 0.1) is 11.3 Å². The van der Waals surface area contributed by atoms with Crippen LogP contribution in [0.1, 0.15) is 62.0 Å². The number of carbonyl (C=O) groups is 1. The van der Waals surface area contributed by atoms with E-state index in [4.69, 9.17) is 5.11 Å². The quantitative estimate of drug-likeness (QED) is 0.700. The van der Waals surface area contributed by atoms with Crippen molar-refractivity contribution in [3.8, 4) is 0 Å². The minimum Gasteiger partial charge on any atom is -0.478 e. The summed E-state index contributed by atoms with van der Waals surface area (Å²) < 4.78 is 0. The predicted molar refractivity (Wildman–Crippen MR) is 77.8 cm³/mol. The van der Waals surface area contributed by atoms with Crippen LogP contribution in [0.4, 0.5) is 5.82 Å². The number of nitrogens with one attached hydrogen (secondary N) is 1. The highest BCUT2D eigenvalue weighted by Crippen LogP contribution is 2.13. The number of carboxylic acid groups (broad SMARTS) is 1. The van der Waals surface area contributed by atoms with Crippen molar-refractivity contribution in [2.24, 2.45) is 0 Å². The molecule has 0 aliphatic heterocycles. The zero-order chi connectivity index (χ0) is 14.3. The summed E-state index contributed by atoms with van der Waals surface area (Å²) in [5.41, 5.74) is 0.817. The first-order chi connectivity index (χ1) is 9.04. The van der Waals surface area contributed by atoms with Crippen LogP contribution in [0.5, 0.6) is 0 Å². The number of hydrogen-bond acceptors (Lipinski definition) is 3. The van der Waals surface area contributed by atoms with Crippen LogP contribution < -0.4 is 5.32 Å². The van der Waals surface area contributed by atoms with Gasteiger partial charge in [-0.15, -0.1) is 0 Å². The third kappa shape index (κ3) is 5.28. The number of anilines is 1. The number of hydrogen-bond donors (Lipinski definition) is 2. The maximum atomic E-state index is 10.9. The zero-order valence-electron chi connectivity index (χ0n) is 12.1. The molecule has 1 heterocycles. The van der Waals surface area contributed by atoms with Gasteiger partial charge in [0, 0.05) is 6.04 Å². The van der Waals surface area contributed by atoms with E-state index in [-0.39, 0.29) is 5.56 Å². The Labute approximate surface area is 115 Å². The summed E-state index contributed by atoms with van der Waals surface area (Å²) in [5.74, 6) is -0.172. The minimum absolute atomic E-state index is 0.265. The van der Waals surface area contributed by atoms with Crippen molar-refractivity contribution in [1.29, 1.82) is 0 Å². The van der Waals surface area contributed by atoms with Crippen molar-refractivity contribution < 1.29 is 9.90 Å². The summed E-state index contributed by atoms with van der Waals surface area (Å²) in [7, 11) is 0. The Bertz CT molecular complexity index is 419. The van der Waals surface area contributed by atoms with Crippen LogP contribution in [0.25, 0.3) is 0 Å². The minimum atomic E-state index is -0.927. The molecule has 0 saturated carbocycles. The highest BCUT2D eigenvalue weighted by Gasteiger charge is 2.09. The first-order valence-corrected chi connectivity index (χ1v) is 7.02. The van der Waals surface area contributed by atoms with Crippen molar-refractivity contribution in [2.75, 3.05) is 5.32 Å². The topological polar surface area (TPSA) is 62.2 Å². The maximum Gasteiger partial charge on any atom is 0.337 e. The molecule has 0 amide bonds. The molecule has 0 fully saturated rings. The molecule has 19 heavy (non-hydrogen) atoms. The van der Waals surface area contributed by atoms with Crippen molar-refractivity contribution >= 4 is 11.8 Å². The molecule has 0 spiro atoms. The van der Waals surface area contributed by atoms with Gasteiger partial charge in [-0.2, -0.15) is 0 Å². The van der Waals surface area contributed by atoms with Gasteiger partial charge in [0.25, 0.3) is 0 Å². The molecule has 106 valence electrons. The Kier molecular flexibility index (Phi) is 6.33. The van der Waals surface area contributed by atoms with Gasteiger partial charge in [-0.1, -0.05) is 32.6 Å². The van der Waals surface area contributed by atoms with Crippen LogP contribution in [0.15, 0.2) is 12.1 Å². The fourth-order valence-corrected chi connectivity index (χ4v) is 2.07. The summed E-state index contributed by atoms with van der Waals surface area (Å²) in [6.45, 7) is 6.06. The van der Waals surface area contributed by atoms with Crippen molar-refractivity contribution in [1.82, 2.24) is 4.98 Å². The summed E-state index contributed by atoms with van der Waals surface area (Å²) in [5, 5.41) is 12.3. The molecule has 4 heteroatoms. The smallest absolute Gasteiger partial charge is 0.337 e. The van der Waals surface area contributed by atoms with Crippen LogP contribution in [0.3, 0.4) is 0 Å². The molecule has 1 aromatic heterocycles. The Morgan fingerprint density at radius 1 is 1.37 bits per heavy atom. The van der Waals surface area contributed by atoms with E-state index in [0.717, 1.165) is 12.2 Å². The molecule has 1 unspecified atom stereocenters. The second kappa shape index (κ2) is 7.77. The van der Waals surface area contributed by atoms with E-state index in [1.807, 2.05) is 0 Å². The van der Waals surface area contributed by atoms with Crippen LogP contribution in [-0.4, -0.2) is 22.1 Å². The summed E-state index contributed by atoms with van der Waals surface area (Å²) in [6, 6.07) is 3.70. The summed E-state index contributed by atoms with van der Waals surface area (Å²) in [4.78, 5) is 15.2. The van der Waals surface area contributed by atoms with Crippen LogP contribution >= 0.6 is 0 Å². The number of rotatable bonds is 8. The first kappa shape index (κ1) is 15.5. The second-order valence-corrected chi connectivity index (χ2v) is 5.03. The molecule has 0 aliphatic carbocycles.